The molecule has 0 aliphatic rings. The highest BCUT2D eigenvalue weighted by atomic mass is 32.2. The van der Waals surface area contributed by atoms with Crippen molar-refractivity contribution in [2.75, 3.05) is 0 Å². The lowest BCUT2D eigenvalue weighted by Crippen LogP contribution is -2.17. The van der Waals surface area contributed by atoms with Crippen molar-refractivity contribution in [1.29, 1.82) is 0 Å². The third-order valence-corrected chi connectivity index (χ3v) is 3.78. The van der Waals surface area contributed by atoms with E-state index in [1.165, 1.54) is 17.3 Å². The van der Waals surface area contributed by atoms with Crippen LogP contribution < -0.4 is 5.73 Å². The fourth-order valence-electron chi connectivity index (χ4n) is 2.04. The number of hydrogen-bond donors (Lipinski definition) is 1. The van der Waals surface area contributed by atoms with Gasteiger partial charge in [0.25, 0.3) is 0 Å². The molecule has 0 aliphatic carbocycles. The normalized spacial score (nSPS) is 12.4. The lowest BCUT2D eigenvalue weighted by molar-refractivity contribution is 0.732. The van der Waals surface area contributed by atoms with Gasteiger partial charge >= 0.3 is 0 Å². The molecule has 2 N–H and O–H groups in total. The van der Waals surface area contributed by atoms with Crippen molar-refractivity contribution in [2.45, 2.75) is 50.3 Å². The van der Waals surface area contributed by atoms with Crippen molar-refractivity contribution in [1.82, 2.24) is 15.0 Å². The Morgan fingerprint density at radius 1 is 1.15 bits per heavy atom. The molecule has 0 fully saturated rings. The van der Waals surface area contributed by atoms with E-state index >= 15 is 0 Å². The third-order valence-electron chi connectivity index (χ3n) is 2.79. The third kappa shape index (κ3) is 4.02. The molecule has 0 bridgehead atoms. The summed E-state index contributed by atoms with van der Waals surface area (Å²) < 4.78 is 0. The van der Waals surface area contributed by atoms with Gasteiger partial charge < -0.3 is 5.73 Å². The molecule has 0 aliphatic heterocycles. The van der Waals surface area contributed by atoms with Gasteiger partial charge in [-0.3, -0.25) is 0 Å². The summed E-state index contributed by atoms with van der Waals surface area (Å²) in [7, 11) is 0. The first-order chi connectivity index (χ1) is 9.44. The molecule has 0 radical (unpaired) electrons. The summed E-state index contributed by atoms with van der Waals surface area (Å²) in [6.07, 6.45) is 2.74. The van der Waals surface area contributed by atoms with Crippen molar-refractivity contribution in [3.63, 3.8) is 0 Å². The van der Waals surface area contributed by atoms with Crippen LogP contribution in [0.2, 0.25) is 0 Å². The number of rotatable bonds is 4. The Kier molecular flexibility index (Phi) is 4.73. The Morgan fingerprint density at radius 2 is 1.80 bits per heavy atom. The maximum absolute atomic E-state index is 5.82. The molecule has 0 saturated carbocycles. The van der Waals surface area contributed by atoms with Gasteiger partial charge in [0.1, 0.15) is 5.03 Å². The van der Waals surface area contributed by atoms with Gasteiger partial charge in [0, 0.05) is 23.6 Å². The highest BCUT2D eigenvalue weighted by molar-refractivity contribution is 7.99. The maximum atomic E-state index is 5.82. The molecule has 2 heterocycles. The summed E-state index contributed by atoms with van der Waals surface area (Å²) in [5, 5.41) is 1.70. The molecular weight excluding hydrogens is 268 g/mol. The molecule has 106 valence electrons. The average Bonchev–Trinajstić information content (AvgIpc) is 2.30. The van der Waals surface area contributed by atoms with Crippen LogP contribution in [-0.4, -0.2) is 21.0 Å². The molecule has 2 aromatic heterocycles. The Bertz CT molecular complexity index is 591. The van der Waals surface area contributed by atoms with E-state index in [0.717, 1.165) is 33.6 Å². The van der Waals surface area contributed by atoms with E-state index in [-0.39, 0.29) is 6.04 Å². The summed E-state index contributed by atoms with van der Waals surface area (Å²) in [6.45, 7) is 8.01. The largest absolute Gasteiger partial charge is 0.328 e. The molecule has 2 rings (SSSR count). The highest BCUT2D eigenvalue weighted by Crippen LogP contribution is 2.26. The van der Waals surface area contributed by atoms with Crippen LogP contribution in [0.25, 0.3) is 0 Å². The van der Waals surface area contributed by atoms with Gasteiger partial charge in [0.2, 0.25) is 0 Å². The summed E-state index contributed by atoms with van der Waals surface area (Å²) in [5.74, 6) is 0. The van der Waals surface area contributed by atoms with Gasteiger partial charge in [0.05, 0.1) is 0 Å². The molecule has 0 saturated heterocycles. The number of hydrogen-bond acceptors (Lipinski definition) is 5. The minimum Gasteiger partial charge on any atom is -0.328 e. The SMILES string of the molecule is Cc1cc(C)nc(Sc2ncc(CC(C)N)cc2C)n1. The van der Waals surface area contributed by atoms with E-state index in [1.807, 2.05) is 33.0 Å². The van der Waals surface area contributed by atoms with Crippen LogP contribution in [0.4, 0.5) is 0 Å². The van der Waals surface area contributed by atoms with Gasteiger partial charge in [-0.2, -0.15) is 0 Å². The van der Waals surface area contributed by atoms with Gasteiger partial charge in [-0.05, 0) is 63.1 Å². The Hall–Kier alpha value is -1.46. The minimum atomic E-state index is 0.150. The van der Waals surface area contributed by atoms with E-state index in [0.29, 0.717) is 0 Å². The van der Waals surface area contributed by atoms with E-state index < -0.39 is 0 Å². The lowest BCUT2D eigenvalue weighted by Gasteiger charge is -2.09. The van der Waals surface area contributed by atoms with E-state index in [9.17, 15) is 0 Å². The second kappa shape index (κ2) is 6.33. The standard InChI is InChI=1S/C15H20N4S/c1-9-5-13(6-10(2)16)8-17-14(9)20-15-18-11(3)7-12(4)19-15/h5,7-8,10H,6,16H2,1-4H3. The van der Waals surface area contributed by atoms with Crippen LogP contribution in [0.15, 0.2) is 28.5 Å². The lowest BCUT2D eigenvalue weighted by atomic mass is 10.1. The zero-order chi connectivity index (χ0) is 14.7. The Morgan fingerprint density at radius 3 is 2.35 bits per heavy atom. The minimum absolute atomic E-state index is 0.150. The molecular formula is C15H20N4S. The molecule has 0 spiro atoms. The molecule has 20 heavy (non-hydrogen) atoms. The summed E-state index contributed by atoms with van der Waals surface area (Å²) >= 11 is 1.51. The fourth-order valence-corrected chi connectivity index (χ4v) is 2.91. The molecule has 4 nitrogen and oxygen atoms in total. The van der Waals surface area contributed by atoms with E-state index in [1.54, 1.807) is 0 Å². The van der Waals surface area contributed by atoms with Crippen molar-refractivity contribution in [3.8, 4) is 0 Å². The topological polar surface area (TPSA) is 64.7 Å². The number of nitrogens with zero attached hydrogens (tertiary/aromatic N) is 3. The fraction of sp³-hybridized carbons (Fsp3) is 0.400. The van der Waals surface area contributed by atoms with Gasteiger partial charge in [-0.15, -0.1) is 0 Å². The predicted molar refractivity (Wildman–Crippen MR) is 82.0 cm³/mol. The Labute approximate surface area is 124 Å². The van der Waals surface area contributed by atoms with Crippen LogP contribution in [0.3, 0.4) is 0 Å². The van der Waals surface area contributed by atoms with Gasteiger partial charge in [-0.1, -0.05) is 6.07 Å². The molecule has 1 unspecified atom stereocenters. The predicted octanol–water partition coefficient (Wildman–Crippen LogP) is 2.84. The van der Waals surface area contributed by atoms with Crippen LogP contribution in [0.1, 0.15) is 29.4 Å². The quantitative estimate of drug-likeness (QED) is 0.876. The van der Waals surface area contributed by atoms with E-state index in [4.69, 9.17) is 5.73 Å². The van der Waals surface area contributed by atoms with Crippen molar-refractivity contribution >= 4 is 11.8 Å². The van der Waals surface area contributed by atoms with E-state index in [2.05, 4.69) is 27.9 Å². The molecule has 1 atom stereocenters. The van der Waals surface area contributed by atoms with Crippen molar-refractivity contribution in [3.05, 3.63) is 40.8 Å². The summed E-state index contributed by atoms with van der Waals surface area (Å²) in [5.41, 5.74) is 10.1. The summed E-state index contributed by atoms with van der Waals surface area (Å²) in [4.78, 5) is 13.4. The summed E-state index contributed by atoms with van der Waals surface area (Å²) in [6, 6.07) is 4.26. The van der Waals surface area contributed by atoms with Gasteiger partial charge in [-0.25, -0.2) is 15.0 Å². The zero-order valence-electron chi connectivity index (χ0n) is 12.3. The first-order valence-corrected chi connectivity index (χ1v) is 7.47. The van der Waals surface area contributed by atoms with Gasteiger partial charge in [0.15, 0.2) is 5.16 Å². The monoisotopic (exact) mass is 288 g/mol. The smallest absolute Gasteiger partial charge is 0.194 e. The molecule has 0 amide bonds. The van der Waals surface area contributed by atoms with Crippen LogP contribution in [0, 0.1) is 20.8 Å². The second-order valence-electron chi connectivity index (χ2n) is 5.18. The second-order valence-corrected chi connectivity index (χ2v) is 6.14. The number of pyridine rings is 1. The molecule has 0 aromatic carbocycles. The number of aryl methyl sites for hydroxylation is 3. The van der Waals surface area contributed by atoms with Crippen LogP contribution in [-0.2, 0) is 6.42 Å². The molecule has 2 aromatic rings. The first-order valence-electron chi connectivity index (χ1n) is 6.65. The molecule has 5 heteroatoms. The number of aromatic nitrogens is 3. The van der Waals surface area contributed by atoms with Crippen molar-refractivity contribution < 1.29 is 0 Å². The Balaban J connectivity index is 2.21. The first kappa shape index (κ1) is 14.9. The van der Waals surface area contributed by atoms with Crippen LogP contribution >= 0.6 is 11.8 Å². The highest BCUT2D eigenvalue weighted by Gasteiger charge is 2.08. The average molecular weight is 288 g/mol. The van der Waals surface area contributed by atoms with Crippen molar-refractivity contribution in [2.24, 2.45) is 5.73 Å². The zero-order valence-corrected chi connectivity index (χ0v) is 13.2. The van der Waals surface area contributed by atoms with Crippen LogP contribution in [0.5, 0.6) is 0 Å². The number of nitrogens with two attached hydrogens (primary N) is 1. The maximum Gasteiger partial charge on any atom is 0.194 e.